The van der Waals surface area contributed by atoms with Crippen LogP contribution in [0.2, 0.25) is 0 Å². The van der Waals surface area contributed by atoms with Crippen LogP contribution in [0.3, 0.4) is 0 Å². The van der Waals surface area contributed by atoms with Crippen LogP contribution in [0.5, 0.6) is 0 Å². The molecule has 1 heterocycles. The highest BCUT2D eigenvalue weighted by Crippen LogP contribution is 1.97. The van der Waals surface area contributed by atoms with Crippen LogP contribution in [0.1, 0.15) is 37.0 Å². The van der Waals surface area contributed by atoms with Gasteiger partial charge in [0.05, 0.1) is 0 Å². The molecule has 0 radical (unpaired) electrons. The van der Waals surface area contributed by atoms with Gasteiger partial charge in [-0.3, -0.25) is 9.59 Å². The van der Waals surface area contributed by atoms with E-state index in [1.165, 1.54) is 18.3 Å². The molecule has 2 N–H and O–H groups in total. The molecule has 6 heteroatoms. The number of carbonyl (C=O) groups is 2. The van der Waals surface area contributed by atoms with Crippen molar-refractivity contribution < 1.29 is 14.3 Å². The Hall–Kier alpha value is -2.11. The summed E-state index contributed by atoms with van der Waals surface area (Å²) in [5, 5.41) is 2.74. The summed E-state index contributed by atoms with van der Waals surface area (Å²) in [5.74, 6) is -1.17. The summed E-state index contributed by atoms with van der Waals surface area (Å²) in [5.41, 5.74) is -0.647. The van der Waals surface area contributed by atoms with Gasteiger partial charge in [0.25, 0.3) is 11.5 Å². The molecule has 0 atom stereocenters. The Morgan fingerprint density at radius 1 is 1.37 bits per heavy atom. The van der Waals surface area contributed by atoms with E-state index in [2.05, 4.69) is 10.3 Å². The summed E-state index contributed by atoms with van der Waals surface area (Å²) < 4.78 is 4.79. The maximum Gasteiger partial charge on any atom is 0.344 e. The molecule has 0 bridgehead atoms. The Kier molecular flexibility index (Phi) is 5.78. The van der Waals surface area contributed by atoms with Gasteiger partial charge in [-0.25, -0.2) is 4.79 Å². The molecule has 1 aromatic rings. The fourth-order valence-corrected chi connectivity index (χ4v) is 1.55. The van der Waals surface area contributed by atoms with Crippen LogP contribution >= 0.6 is 0 Å². The smallest absolute Gasteiger partial charge is 0.344 e. The number of ether oxygens (including phenoxy) is 1. The number of hydrogen-bond donors (Lipinski definition) is 2. The summed E-state index contributed by atoms with van der Waals surface area (Å²) in [4.78, 5) is 36.8. The van der Waals surface area contributed by atoms with Crippen LogP contribution in [0.25, 0.3) is 0 Å². The van der Waals surface area contributed by atoms with E-state index in [1.807, 2.05) is 13.8 Å². The largest absolute Gasteiger partial charge is 0.452 e. The van der Waals surface area contributed by atoms with E-state index in [4.69, 9.17) is 4.74 Å². The van der Waals surface area contributed by atoms with Crippen molar-refractivity contribution in [1.82, 2.24) is 10.3 Å². The number of amides is 1. The van der Waals surface area contributed by atoms with Crippen molar-refractivity contribution in [3.63, 3.8) is 0 Å². The van der Waals surface area contributed by atoms with Crippen LogP contribution in [0.4, 0.5) is 0 Å². The molecule has 0 spiro atoms. The predicted octanol–water partition coefficient (Wildman–Crippen LogP) is 0.837. The molecule has 0 unspecified atom stereocenters. The zero-order chi connectivity index (χ0) is 14.3. The third-order valence-corrected chi connectivity index (χ3v) is 2.72. The van der Waals surface area contributed by atoms with Crippen molar-refractivity contribution in [1.29, 1.82) is 0 Å². The molecule has 0 saturated carbocycles. The summed E-state index contributed by atoms with van der Waals surface area (Å²) in [6, 6.07) is 2.94. The number of pyridine rings is 1. The average Bonchev–Trinajstić information content (AvgIpc) is 2.42. The van der Waals surface area contributed by atoms with Crippen molar-refractivity contribution in [2.75, 3.05) is 6.61 Å². The minimum absolute atomic E-state index is 0.0753. The van der Waals surface area contributed by atoms with Crippen LogP contribution in [0, 0.1) is 0 Å². The van der Waals surface area contributed by atoms with Gasteiger partial charge in [0, 0.05) is 12.2 Å². The second-order valence-electron chi connectivity index (χ2n) is 4.07. The summed E-state index contributed by atoms with van der Waals surface area (Å²) in [7, 11) is 0. The summed E-state index contributed by atoms with van der Waals surface area (Å²) >= 11 is 0. The van der Waals surface area contributed by atoms with Crippen LogP contribution in [-0.4, -0.2) is 29.5 Å². The molecular weight excluding hydrogens is 248 g/mol. The monoisotopic (exact) mass is 266 g/mol. The molecule has 1 aromatic heterocycles. The van der Waals surface area contributed by atoms with Gasteiger partial charge >= 0.3 is 5.97 Å². The minimum Gasteiger partial charge on any atom is -0.452 e. The first-order valence-electron chi connectivity index (χ1n) is 6.22. The standard InChI is InChI=1S/C13H18N2O4/c1-3-9(4-2)15-11(16)8-19-13(18)10-6-5-7-14-12(10)17/h5-7,9H,3-4,8H2,1-2H3,(H,14,17)(H,15,16). The third-order valence-electron chi connectivity index (χ3n) is 2.72. The second kappa shape index (κ2) is 7.35. The normalized spacial score (nSPS) is 10.3. The predicted molar refractivity (Wildman–Crippen MR) is 69.9 cm³/mol. The number of hydrogen-bond acceptors (Lipinski definition) is 4. The van der Waals surface area contributed by atoms with Crippen molar-refractivity contribution in [2.24, 2.45) is 0 Å². The zero-order valence-corrected chi connectivity index (χ0v) is 11.1. The van der Waals surface area contributed by atoms with Gasteiger partial charge in [0.2, 0.25) is 0 Å². The molecule has 104 valence electrons. The first-order valence-corrected chi connectivity index (χ1v) is 6.22. The van der Waals surface area contributed by atoms with E-state index in [9.17, 15) is 14.4 Å². The lowest BCUT2D eigenvalue weighted by Gasteiger charge is -2.14. The van der Waals surface area contributed by atoms with Gasteiger partial charge in [0.15, 0.2) is 6.61 Å². The number of H-pyrrole nitrogens is 1. The molecule has 0 aliphatic rings. The average molecular weight is 266 g/mol. The third kappa shape index (κ3) is 4.57. The number of nitrogens with one attached hydrogen (secondary N) is 2. The van der Waals surface area contributed by atoms with E-state index in [1.54, 1.807) is 0 Å². The van der Waals surface area contributed by atoms with Gasteiger partial charge in [-0.15, -0.1) is 0 Å². The van der Waals surface area contributed by atoms with Crippen molar-refractivity contribution in [3.8, 4) is 0 Å². The topological polar surface area (TPSA) is 88.3 Å². The fourth-order valence-electron chi connectivity index (χ4n) is 1.55. The first-order chi connectivity index (χ1) is 9.08. The van der Waals surface area contributed by atoms with E-state index < -0.39 is 11.5 Å². The Morgan fingerprint density at radius 3 is 2.63 bits per heavy atom. The maximum atomic E-state index is 11.6. The van der Waals surface area contributed by atoms with Crippen LogP contribution in [-0.2, 0) is 9.53 Å². The van der Waals surface area contributed by atoms with Crippen LogP contribution < -0.4 is 10.9 Å². The Labute approximate surface area is 111 Å². The van der Waals surface area contributed by atoms with Gasteiger partial charge in [-0.05, 0) is 25.0 Å². The summed E-state index contributed by atoms with van der Waals surface area (Å²) in [6.45, 7) is 3.54. The SMILES string of the molecule is CCC(CC)NC(=O)COC(=O)c1ccc[nH]c1=O. The van der Waals surface area contributed by atoms with E-state index in [0.717, 1.165) is 12.8 Å². The highest BCUT2D eigenvalue weighted by atomic mass is 16.5. The highest BCUT2D eigenvalue weighted by Gasteiger charge is 2.14. The first kappa shape index (κ1) is 14.9. The molecular formula is C13H18N2O4. The molecule has 0 aliphatic carbocycles. The van der Waals surface area contributed by atoms with Crippen molar-refractivity contribution >= 4 is 11.9 Å². The van der Waals surface area contributed by atoms with Gasteiger partial charge in [0.1, 0.15) is 5.56 Å². The fraction of sp³-hybridized carbons (Fsp3) is 0.462. The maximum absolute atomic E-state index is 11.6. The molecule has 19 heavy (non-hydrogen) atoms. The lowest BCUT2D eigenvalue weighted by atomic mass is 10.2. The molecule has 0 fully saturated rings. The van der Waals surface area contributed by atoms with E-state index in [0.29, 0.717) is 0 Å². The number of aromatic amines is 1. The Bertz CT molecular complexity index is 491. The molecule has 1 amide bonds. The zero-order valence-electron chi connectivity index (χ0n) is 11.1. The minimum atomic E-state index is -0.804. The van der Waals surface area contributed by atoms with E-state index in [-0.39, 0.29) is 24.1 Å². The van der Waals surface area contributed by atoms with Gasteiger partial charge < -0.3 is 15.0 Å². The molecule has 1 rings (SSSR count). The molecule has 6 nitrogen and oxygen atoms in total. The van der Waals surface area contributed by atoms with Crippen LogP contribution in [0.15, 0.2) is 23.1 Å². The molecule has 0 aliphatic heterocycles. The second-order valence-corrected chi connectivity index (χ2v) is 4.07. The lowest BCUT2D eigenvalue weighted by molar-refractivity contribution is -0.125. The van der Waals surface area contributed by atoms with Crippen molar-refractivity contribution in [3.05, 3.63) is 34.2 Å². The van der Waals surface area contributed by atoms with E-state index >= 15 is 0 Å². The number of esters is 1. The van der Waals surface area contributed by atoms with Crippen molar-refractivity contribution in [2.45, 2.75) is 32.7 Å². The highest BCUT2D eigenvalue weighted by molar-refractivity contribution is 5.90. The Balaban J connectivity index is 2.49. The Morgan fingerprint density at radius 2 is 2.05 bits per heavy atom. The lowest BCUT2D eigenvalue weighted by Crippen LogP contribution is -2.37. The molecule has 0 aromatic carbocycles. The quantitative estimate of drug-likeness (QED) is 0.747. The van der Waals surface area contributed by atoms with Gasteiger partial charge in [-0.1, -0.05) is 13.8 Å². The van der Waals surface area contributed by atoms with Gasteiger partial charge in [-0.2, -0.15) is 0 Å². The summed E-state index contributed by atoms with van der Waals surface area (Å²) in [6.07, 6.45) is 3.04. The molecule has 0 saturated heterocycles. The number of aromatic nitrogens is 1. The number of rotatable bonds is 6. The number of carbonyl (C=O) groups excluding carboxylic acids is 2.